The van der Waals surface area contributed by atoms with Crippen LogP contribution in [0.25, 0.3) is 21.5 Å². The van der Waals surface area contributed by atoms with Crippen molar-refractivity contribution in [3.63, 3.8) is 0 Å². The highest BCUT2D eigenvalue weighted by molar-refractivity contribution is 5.89. The standard InChI is InChI=1S/C30H41NO3.C19H22O2.C10H19N.CO2.ClH/c1-3-21-8-12-28(13-9-21)34-29-14-11-24-15-22(7-10-25(24)17-29)18-31-19-27(20-31)23-5-4-6-26(16-23)30(32)33-2;1-2-14-4-8-18(9-5-14)21-19-10-7-16-11-15(13-20)3-6-17(16)12-19;1-8-3-2-4-9(5-8)10-6-11-7-10;2-1-3;/h7,10-11,14-15,17,21,23,26-28H,3-6,8-9,12-13,16,18-20H2,1-2H3;3,6-7,10-14,18H,2,4-5,8-9H2,1H3;8-11H,2-7H2,1H3;;1H. The number of hydrogen-bond acceptors (Lipinski definition) is 9. The van der Waals surface area contributed by atoms with Gasteiger partial charge in [0.25, 0.3) is 0 Å². The Kier molecular flexibility index (Phi) is 22.1. The first kappa shape index (κ1) is 55.1. The number of halogens is 1. The summed E-state index contributed by atoms with van der Waals surface area (Å²) in [5.41, 5.74) is 2.10. The molecule has 2 heterocycles. The van der Waals surface area contributed by atoms with Crippen molar-refractivity contribution in [2.45, 2.75) is 155 Å². The number of benzene rings is 4. The molecule has 4 atom stereocenters. The molecule has 10 heteroatoms. The number of ether oxygens (including phenoxy) is 3. The number of fused-ring (bicyclic) bond motifs is 2. The molecule has 70 heavy (non-hydrogen) atoms. The van der Waals surface area contributed by atoms with Crippen LogP contribution in [-0.4, -0.2) is 68.8 Å². The van der Waals surface area contributed by atoms with Crippen LogP contribution >= 0.6 is 12.4 Å². The van der Waals surface area contributed by atoms with Gasteiger partial charge in [0.2, 0.25) is 0 Å². The van der Waals surface area contributed by atoms with Crippen LogP contribution in [0.15, 0.2) is 72.8 Å². The summed E-state index contributed by atoms with van der Waals surface area (Å²) in [4.78, 5) is 41.6. The Morgan fingerprint density at radius 1 is 0.643 bits per heavy atom. The van der Waals surface area contributed by atoms with Gasteiger partial charge in [-0.2, -0.15) is 9.59 Å². The summed E-state index contributed by atoms with van der Waals surface area (Å²) in [6, 6.07) is 25.3. The smallest absolute Gasteiger partial charge is 0.373 e. The maximum absolute atomic E-state index is 12.0. The highest BCUT2D eigenvalue weighted by Crippen LogP contribution is 2.40. The van der Waals surface area contributed by atoms with Gasteiger partial charge in [-0.05, 0) is 189 Å². The van der Waals surface area contributed by atoms with Crippen molar-refractivity contribution >= 4 is 52.4 Å². The summed E-state index contributed by atoms with van der Waals surface area (Å²) in [6.45, 7) is 12.9. The zero-order valence-electron chi connectivity index (χ0n) is 42.8. The van der Waals surface area contributed by atoms with Crippen molar-refractivity contribution in [2.24, 2.45) is 47.3 Å². The third kappa shape index (κ3) is 15.9. The number of rotatable bonds is 12. The Morgan fingerprint density at radius 2 is 1.16 bits per heavy atom. The van der Waals surface area contributed by atoms with E-state index in [1.165, 1.54) is 133 Å². The monoisotopic (exact) mass is 979 g/mol. The number of methoxy groups -OCH3 is 1. The van der Waals surface area contributed by atoms with E-state index >= 15 is 0 Å². The summed E-state index contributed by atoms with van der Waals surface area (Å²) in [5.74, 6) is 8.41. The Morgan fingerprint density at radius 3 is 1.67 bits per heavy atom. The van der Waals surface area contributed by atoms with Crippen LogP contribution < -0.4 is 14.8 Å². The Hall–Kier alpha value is -4.27. The topological polar surface area (TPSA) is 111 Å². The molecule has 0 aromatic heterocycles. The minimum atomic E-state index is -0.00512. The van der Waals surface area contributed by atoms with Crippen LogP contribution in [0.1, 0.15) is 152 Å². The molecular weight excluding hydrogens is 896 g/mol. The van der Waals surface area contributed by atoms with E-state index in [1.54, 1.807) is 0 Å². The van der Waals surface area contributed by atoms with Crippen LogP contribution in [0.3, 0.4) is 0 Å². The number of hydrogen-bond donors (Lipinski definition) is 1. The van der Waals surface area contributed by atoms with Gasteiger partial charge in [-0.1, -0.05) is 102 Å². The molecule has 0 bridgehead atoms. The molecule has 4 aliphatic carbocycles. The Balaban J connectivity index is 0.000000188. The van der Waals surface area contributed by atoms with Crippen molar-refractivity contribution in [1.29, 1.82) is 0 Å². The van der Waals surface area contributed by atoms with Gasteiger partial charge in [-0.15, -0.1) is 12.4 Å². The molecule has 4 saturated carbocycles. The number of likely N-dealkylation sites (tertiary alicyclic amines) is 1. The summed E-state index contributed by atoms with van der Waals surface area (Å²) < 4.78 is 17.5. The third-order valence-corrected chi connectivity index (χ3v) is 17.0. The largest absolute Gasteiger partial charge is 0.490 e. The fourth-order valence-corrected chi connectivity index (χ4v) is 12.4. The van der Waals surface area contributed by atoms with Crippen LogP contribution in [0, 0.1) is 47.3 Å². The SMILES string of the molecule is CC1CCCC(C2CNC2)C1.CCC1CCC(Oc2ccc3cc(C=O)ccc3c2)CC1.CCC1CCC(Oc2ccc3cc(CN4CC(C5CCCC(C(=O)OC)C5)C4)ccc3c2)CC1.Cl.O=C=O. The Labute approximate surface area is 425 Å². The average Bonchev–Trinajstić information content (AvgIpc) is 3.35. The van der Waals surface area contributed by atoms with Crippen molar-refractivity contribution in [2.75, 3.05) is 33.3 Å². The lowest BCUT2D eigenvalue weighted by Gasteiger charge is -2.45. The molecule has 10 rings (SSSR count). The molecule has 4 aromatic rings. The first-order valence-corrected chi connectivity index (χ1v) is 27.0. The molecule has 4 unspecified atom stereocenters. The van der Waals surface area contributed by atoms with E-state index in [4.69, 9.17) is 23.8 Å². The van der Waals surface area contributed by atoms with Gasteiger partial charge in [-0.25, -0.2) is 0 Å². The quantitative estimate of drug-likeness (QED) is 0.110. The van der Waals surface area contributed by atoms with Crippen LogP contribution in [-0.2, 0) is 25.7 Å². The highest BCUT2D eigenvalue weighted by atomic mass is 35.5. The maximum Gasteiger partial charge on any atom is 0.373 e. The summed E-state index contributed by atoms with van der Waals surface area (Å²) >= 11 is 0. The number of esters is 1. The Bertz CT molecular complexity index is 2250. The third-order valence-electron chi connectivity index (χ3n) is 17.0. The van der Waals surface area contributed by atoms with Gasteiger partial charge >= 0.3 is 12.1 Å². The molecule has 6 fully saturated rings. The fourth-order valence-electron chi connectivity index (χ4n) is 12.4. The predicted octanol–water partition coefficient (Wildman–Crippen LogP) is 13.5. The van der Waals surface area contributed by atoms with Crippen LogP contribution in [0.5, 0.6) is 11.5 Å². The maximum atomic E-state index is 12.0. The van der Waals surface area contributed by atoms with Gasteiger partial charge < -0.3 is 19.5 Å². The molecular formula is C60H83ClN2O7. The van der Waals surface area contributed by atoms with E-state index in [0.717, 1.165) is 103 Å². The first-order valence-electron chi connectivity index (χ1n) is 27.0. The van der Waals surface area contributed by atoms with Gasteiger partial charge in [-0.3, -0.25) is 14.5 Å². The molecule has 1 N–H and O–H groups in total. The van der Waals surface area contributed by atoms with E-state index < -0.39 is 0 Å². The number of nitrogens with one attached hydrogen (secondary N) is 1. The second kappa shape index (κ2) is 28.1. The van der Waals surface area contributed by atoms with E-state index in [0.29, 0.717) is 23.7 Å². The summed E-state index contributed by atoms with van der Waals surface area (Å²) in [6.07, 6.45) is 24.8. The van der Waals surface area contributed by atoms with Gasteiger partial charge in [0, 0.05) is 25.2 Å². The molecule has 2 aliphatic heterocycles. The summed E-state index contributed by atoms with van der Waals surface area (Å²) in [5, 5.41) is 8.14. The van der Waals surface area contributed by atoms with Crippen molar-refractivity contribution in [3.05, 3.63) is 83.9 Å². The van der Waals surface area contributed by atoms with Gasteiger partial charge in [0.05, 0.1) is 25.2 Å². The van der Waals surface area contributed by atoms with Crippen molar-refractivity contribution in [3.8, 4) is 11.5 Å². The molecule has 4 aromatic carbocycles. The fraction of sp³-hybridized carbons (Fsp3) is 0.617. The van der Waals surface area contributed by atoms with E-state index in [1.807, 2.05) is 30.3 Å². The van der Waals surface area contributed by atoms with Crippen molar-refractivity contribution < 1.29 is 33.4 Å². The zero-order chi connectivity index (χ0) is 48.5. The highest BCUT2D eigenvalue weighted by Gasteiger charge is 2.38. The second-order valence-corrected chi connectivity index (χ2v) is 21.7. The minimum absolute atomic E-state index is 0. The van der Waals surface area contributed by atoms with E-state index in [9.17, 15) is 9.59 Å². The van der Waals surface area contributed by atoms with E-state index in [2.05, 4.69) is 73.5 Å². The van der Waals surface area contributed by atoms with Crippen LogP contribution in [0.4, 0.5) is 0 Å². The number of aldehydes is 1. The molecule has 6 aliphatic rings. The lowest BCUT2D eigenvalue weighted by molar-refractivity contribution is -0.191. The number of carbonyl (C=O) groups excluding carboxylic acids is 4. The zero-order valence-corrected chi connectivity index (χ0v) is 43.6. The summed E-state index contributed by atoms with van der Waals surface area (Å²) in [7, 11) is 1.52. The number of carbonyl (C=O) groups is 2. The van der Waals surface area contributed by atoms with E-state index in [-0.39, 0.29) is 30.4 Å². The van der Waals surface area contributed by atoms with Gasteiger partial charge in [0.1, 0.15) is 17.8 Å². The second-order valence-electron chi connectivity index (χ2n) is 21.7. The lowest BCUT2D eigenvalue weighted by Crippen LogP contribution is -2.50. The average molecular weight is 980 g/mol. The molecule has 0 spiro atoms. The molecule has 2 saturated heterocycles. The van der Waals surface area contributed by atoms with Gasteiger partial charge in [0.15, 0.2) is 0 Å². The minimum Gasteiger partial charge on any atom is -0.490 e. The predicted molar refractivity (Wildman–Crippen MR) is 283 cm³/mol. The normalized spacial score (nSPS) is 26.9. The number of nitrogens with zero attached hydrogens (tertiary/aromatic N) is 1. The van der Waals surface area contributed by atoms with Crippen LogP contribution in [0.2, 0.25) is 0 Å². The van der Waals surface area contributed by atoms with Crippen molar-refractivity contribution in [1.82, 2.24) is 10.2 Å². The molecule has 0 amide bonds. The molecule has 0 radical (unpaired) electrons. The molecule has 9 nitrogen and oxygen atoms in total. The molecule has 382 valence electrons. The lowest BCUT2D eigenvalue weighted by atomic mass is 9.72. The first-order chi connectivity index (χ1) is 33.7.